The maximum atomic E-state index is 9.00. The molecule has 0 aliphatic carbocycles. The van der Waals surface area contributed by atoms with E-state index in [9.17, 15) is 0 Å². The van der Waals surface area contributed by atoms with Crippen LogP contribution in [0.1, 0.15) is 25.0 Å². The quantitative estimate of drug-likeness (QED) is 0.558. The lowest BCUT2D eigenvalue weighted by Gasteiger charge is -2.08. The summed E-state index contributed by atoms with van der Waals surface area (Å²) in [5.74, 6) is 10.1. The molecule has 142 valence electrons. The molecule has 0 atom stereocenters. The number of carbonyl (C=O) groups is 2. The summed E-state index contributed by atoms with van der Waals surface area (Å²) in [6.07, 6.45) is 0. The van der Waals surface area contributed by atoms with Gasteiger partial charge in [-0.3, -0.25) is 9.59 Å². The van der Waals surface area contributed by atoms with E-state index in [0.717, 1.165) is 13.8 Å². The van der Waals surface area contributed by atoms with Crippen molar-refractivity contribution in [1.82, 2.24) is 0 Å². The number of hydrogen-bond acceptors (Lipinski definition) is 6. The van der Waals surface area contributed by atoms with Gasteiger partial charge >= 0.3 is 0 Å². The molecule has 26 heavy (non-hydrogen) atoms. The van der Waals surface area contributed by atoms with Gasteiger partial charge in [-0.05, 0) is 6.07 Å². The summed E-state index contributed by atoms with van der Waals surface area (Å²) in [6, 6.07) is 3.37. The lowest BCUT2D eigenvalue weighted by Crippen LogP contribution is -1.94. The first-order valence-electron chi connectivity index (χ1n) is 7.07. The van der Waals surface area contributed by atoms with Gasteiger partial charge in [0.15, 0.2) is 0 Å². The number of aliphatic hydroxyl groups is 2. The molecule has 0 aromatic heterocycles. The normalized spacial score (nSPS) is 7.92. The van der Waals surface area contributed by atoms with Gasteiger partial charge in [-0.25, -0.2) is 0 Å². The van der Waals surface area contributed by atoms with Gasteiger partial charge in [0.05, 0.1) is 25.3 Å². The molecule has 0 unspecified atom stereocenters. The second-order valence-corrected chi connectivity index (χ2v) is 4.21. The third-order valence-corrected chi connectivity index (χ3v) is 2.13. The average Bonchev–Trinajstić information content (AvgIpc) is 2.56. The minimum absolute atomic E-state index is 0.229. The van der Waals surface area contributed by atoms with Crippen molar-refractivity contribution in [2.24, 2.45) is 0 Å². The zero-order valence-corrected chi connectivity index (χ0v) is 15.0. The summed E-state index contributed by atoms with van der Waals surface area (Å²) in [5, 5.41) is 32.2. The van der Waals surface area contributed by atoms with E-state index in [1.807, 2.05) is 0 Å². The molecule has 0 aliphatic rings. The fraction of sp³-hybridized carbons (Fsp3) is 0.333. The van der Waals surface area contributed by atoms with Gasteiger partial charge in [-0.15, -0.1) is 0 Å². The highest BCUT2D eigenvalue weighted by molar-refractivity contribution is 5.63. The third kappa shape index (κ3) is 13.3. The predicted molar refractivity (Wildman–Crippen MR) is 94.1 cm³/mol. The van der Waals surface area contributed by atoms with E-state index in [0.29, 0.717) is 22.6 Å². The van der Waals surface area contributed by atoms with Gasteiger partial charge in [0, 0.05) is 19.9 Å². The molecule has 1 rings (SSSR count). The molecular formula is C18H22O8. The Morgan fingerprint density at radius 2 is 1.15 bits per heavy atom. The van der Waals surface area contributed by atoms with Gasteiger partial charge < -0.3 is 29.9 Å². The summed E-state index contributed by atoms with van der Waals surface area (Å²) in [6.45, 7) is 1.71. The van der Waals surface area contributed by atoms with E-state index < -0.39 is 11.9 Å². The number of methoxy groups -OCH3 is 2. The van der Waals surface area contributed by atoms with Crippen LogP contribution in [0.25, 0.3) is 0 Å². The van der Waals surface area contributed by atoms with Gasteiger partial charge in [0.1, 0.15) is 24.7 Å². The van der Waals surface area contributed by atoms with Crippen LogP contribution < -0.4 is 9.47 Å². The maximum Gasteiger partial charge on any atom is 0.300 e. The molecule has 0 heterocycles. The highest BCUT2D eigenvalue weighted by atomic mass is 16.5. The van der Waals surface area contributed by atoms with E-state index in [-0.39, 0.29) is 13.2 Å². The van der Waals surface area contributed by atoms with Crippen molar-refractivity contribution in [3.05, 3.63) is 23.3 Å². The number of hydrogen-bond donors (Lipinski definition) is 4. The Kier molecular flexibility index (Phi) is 14.8. The first-order chi connectivity index (χ1) is 12.2. The molecule has 0 fully saturated rings. The lowest BCUT2D eigenvalue weighted by molar-refractivity contribution is -0.135. The Labute approximate surface area is 152 Å². The van der Waals surface area contributed by atoms with Crippen molar-refractivity contribution in [1.29, 1.82) is 0 Å². The Hall–Kier alpha value is -3.20. The van der Waals surface area contributed by atoms with Crippen LogP contribution in [0.4, 0.5) is 0 Å². The molecule has 0 saturated carbocycles. The van der Waals surface area contributed by atoms with Crippen molar-refractivity contribution in [3.8, 4) is 35.2 Å². The molecule has 8 heteroatoms. The molecule has 8 nitrogen and oxygen atoms in total. The van der Waals surface area contributed by atoms with Crippen molar-refractivity contribution < 1.29 is 39.5 Å². The molecule has 0 aliphatic heterocycles. The van der Waals surface area contributed by atoms with Crippen LogP contribution in [0.5, 0.6) is 11.5 Å². The summed E-state index contributed by atoms with van der Waals surface area (Å²) >= 11 is 0. The molecule has 0 radical (unpaired) electrons. The fourth-order valence-electron chi connectivity index (χ4n) is 1.36. The number of rotatable bonds is 2. The van der Waals surface area contributed by atoms with Crippen LogP contribution in [0.3, 0.4) is 0 Å². The van der Waals surface area contributed by atoms with E-state index in [1.165, 1.54) is 14.2 Å². The number of ether oxygens (including phenoxy) is 2. The maximum absolute atomic E-state index is 9.00. The standard InChI is InChI=1S/C14H14O4.2C2H4O2/c1-17-13-10-14(18-2)12(6-4-8-16)9-11(13)5-3-7-15;2*1-2(3)4/h9-10,15-16H,7-8H2,1-2H3;2*1H3,(H,3,4). The largest absolute Gasteiger partial charge is 0.495 e. The molecule has 0 amide bonds. The predicted octanol–water partition coefficient (Wildman–Crippen LogP) is 0.573. The van der Waals surface area contributed by atoms with Gasteiger partial charge in [-0.2, -0.15) is 0 Å². The van der Waals surface area contributed by atoms with Crippen molar-refractivity contribution in [2.75, 3.05) is 27.4 Å². The van der Waals surface area contributed by atoms with Crippen LogP contribution in [0.15, 0.2) is 12.1 Å². The zero-order chi connectivity index (χ0) is 20.5. The number of aliphatic hydroxyl groups excluding tert-OH is 2. The molecule has 4 N–H and O–H groups in total. The second kappa shape index (κ2) is 15.3. The Morgan fingerprint density at radius 1 is 0.846 bits per heavy atom. The summed E-state index contributed by atoms with van der Waals surface area (Å²) in [5.41, 5.74) is 1.21. The second-order valence-electron chi connectivity index (χ2n) is 4.21. The van der Waals surface area contributed by atoms with Crippen LogP contribution in [0.2, 0.25) is 0 Å². The topological polar surface area (TPSA) is 134 Å². The van der Waals surface area contributed by atoms with Crippen LogP contribution in [0, 0.1) is 23.7 Å². The molecule has 0 saturated heterocycles. The van der Waals surface area contributed by atoms with Crippen LogP contribution in [-0.2, 0) is 9.59 Å². The van der Waals surface area contributed by atoms with Crippen molar-refractivity contribution in [2.45, 2.75) is 13.8 Å². The number of benzene rings is 1. The summed E-state index contributed by atoms with van der Waals surface area (Å²) < 4.78 is 10.4. The molecule has 1 aromatic carbocycles. The highest BCUT2D eigenvalue weighted by Gasteiger charge is 2.08. The minimum atomic E-state index is -0.833. The Bertz CT molecular complexity index is 636. The Balaban J connectivity index is 0. The summed E-state index contributed by atoms with van der Waals surface area (Å²) in [4.78, 5) is 18.0. The first kappa shape index (κ1) is 25.0. The van der Waals surface area contributed by atoms with E-state index in [1.54, 1.807) is 12.1 Å². The Morgan fingerprint density at radius 3 is 1.38 bits per heavy atom. The lowest BCUT2D eigenvalue weighted by atomic mass is 10.1. The molecule has 0 spiro atoms. The van der Waals surface area contributed by atoms with E-state index >= 15 is 0 Å². The average molecular weight is 366 g/mol. The van der Waals surface area contributed by atoms with E-state index in [2.05, 4.69) is 23.7 Å². The monoisotopic (exact) mass is 366 g/mol. The van der Waals surface area contributed by atoms with Gasteiger partial charge in [-0.1, -0.05) is 23.7 Å². The van der Waals surface area contributed by atoms with Crippen LogP contribution >= 0.6 is 0 Å². The molecule has 0 bridgehead atoms. The smallest absolute Gasteiger partial charge is 0.300 e. The minimum Gasteiger partial charge on any atom is -0.495 e. The highest BCUT2D eigenvalue weighted by Crippen LogP contribution is 2.28. The van der Waals surface area contributed by atoms with E-state index in [4.69, 9.17) is 39.5 Å². The van der Waals surface area contributed by atoms with Crippen molar-refractivity contribution >= 4 is 11.9 Å². The number of carboxylic acid groups (broad SMARTS) is 2. The SMILES string of the molecule is CC(=O)O.CC(=O)O.COc1cc(OC)c(C#CCO)cc1C#CCO. The number of carboxylic acids is 2. The number of aliphatic carboxylic acids is 2. The fourth-order valence-corrected chi connectivity index (χ4v) is 1.36. The van der Waals surface area contributed by atoms with Crippen molar-refractivity contribution in [3.63, 3.8) is 0 Å². The van der Waals surface area contributed by atoms with Gasteiger partial charge in [0.25, 0.3) is 11.9 Å². The molecular weight excluding hydrogens is 344 g/mol. The zero-order valence-electron chi connectivity index (χ0n) is 15.0. The van der Waals surface area contributed by atoms with Crippen LogP contribution in [-0.4, -0.2) is 59.8 Å². The first-order valence-corrected chi connectivity index (χ1v) is 7.07. The molecule has 1 aromatic rings. The van der Waals surface area contributed by atoms with Gasteiger partial charge in [0.2, 0.25) is 0 Å². The summed E-state index contributed by atoms with van der Waals surface area (Å²) in [7, 11) is 3.05. The third-order valence-electron chi connectivity index (χ3n) is 2.13.